The predicted molar refractivity (Wildman–Crippen MR) is 112 cm³/mol. The van der Waals surface area contributed by atoms with E-state index in [0.717, 1.165) is 6.42 Å². The summed E-state index contributed by atoms with van der Waals surface area (Å²) in [6.45, 7) is 0. The lowest BCUT2D eigenvalue weighted by Crippen LogP contribution is -2.32. The molecule has 3 aliphatic rings. The Morgan fingerprint density at radius 2 is 1.48 bits per heavy atom. The molecule has 1 saturated carbocycles. The zero-order valence-electron chi connectivity index (χ0n) is 15.2. The van der Waals surface area contributed by atoms with E-state index in [2.05, 4.69) is 20.7 Å². The van der Waals surface area contributed by atoms with Crippen LogP contribution in [0.4, 0.5) is 11.4 Å². The smallest absolute Gasteiger partial charge is 0.261 e. The lowest BCUT2D eigenvalue weighted by molar-refractivity contribution is -0.123. The molecule has 5 rings (SSSR count). The van der Waals surface area contributed by atoms with E-state index in [1.807, 2.05) is 12.2 Å². The summed E-state index contributed by atoms with van der Waals surface area (Å²) in [7, 11) is -3.80. The van der Waals surface area contributed by atoms with Gasteiger partial charge in [0.1, 0.15) is 0 Å². The molecule has 1 unspecified atom stereocenters. The van der Waals surface area contributed by atoms with Crippen molar-refractivity contribution in [3.05, 3.63) is 65.2 Å². The van der Waals surface area contributed by atoms with Gasteiger partial charge in [-0.3, -0.25) is 19.2 Å². The molecule has 2 aromatic carbocycles. The van der Waals surface area contributed by atoms with Crippen molar-refractivity contribution in [2.75, 3.05) is 9.62 Å². The number of fused-ring (bicyclic) bond motifs is 5. The van der Waals surface area contributed by atoms with E-state index < -0.39 is 10.0 Å². The highest BCUT2D eigenvalue weighted by Crippen LogP contribution is 2.53. The molecular weight excluding hydrogens is 456 g/mol. The van der Waals surface area contributed by atoms with Gasteiger partial charge >= 0.3 is 0 Å². The number of hydrogen-bond donors (Lipinski definition) is 1. The number of nitrogens with one attached hydrogen (secondary N) is 1. The lowest BCUT2D eigenvalue weighted by atomic mass is 9.85. The van der Waals surface area contributed by atoms with Crippen molar-refractivity contribution in [2.45, 2.75) is 11.3 Å². The Bertz CT molecular complexity index is 1130. The molecule has 2 bridgehead atoms. The molecule has 1 aliphatic heterocycles. The number of imide groups is 1. The number of nitrogens with zero attached hydrogens (tertiary/aromatic N) is 1. The van der Waals surface area contributed by atoms with Gasteiger partial charge in [0.25, 0.3) is 10.0 Å². The first-order chi connectivity index (χ1) is 13.9. The molecule has 2 aromatic rings. The third-order valence-corrected chi connectivity index (χ3v) is 8.07. The number of hydrogen-bond acceptors (Lipinski definition) is 4. The van der Waals surface area contributed by atoms with E-state index in [9.17, 15) is 18.0 Å². The number of halogens is 1. The van der Waals surface area contributed by atoms with Crippen molar-refractivity contribution in [1.29, 1.82) is 0 Å². The van der Waals surface area contributed by atoms with Gasteiger partial charge in [0.05, 0.1) is 28.1 Å². The monoisotopic (exact) mass is 472 g/mol. The molecular formula is C21H17BrN2O4S. The largest absolute Gasteiger partial charge is 0.278 e. The van der Waals surface area contributed by atoms with Crippen LogP contribution < -0.4 is 9.62 Å². The minimum atomic E-state index is -3.80. The fourth-order valence-corrected chi connectivity index (χ4v) is 6.27. The van der Waals surface area contributed by atoms with Crippen molar-refractivity contribution in [2.24, 2.45) is 23.7 Å². The van der Waals surface area contributed by atoms with Crippen molar-refractivity contribution in [1.82, 2.24) is 0 Å². The molecule has 6 nitrogen and oxygen atoms in total. The van der Waals surface area contributed by atoms with Crippen molar-refractivity contribution in [3.63, 3.8) is 0 Å². The molecule has 1 saturated heterocycles. The third kappa shape index (κ3) is 2.85. The van der Waals surface area contributed by atoms with Crippen molar-refractivity contribution >= 4 is 49.1 Å². The molecule has 2 amide bonds. The number of allylic oxidation sites excluding steroid dienone is 2. The number of carbonyl (C=O) groups excluding carboxylic acids is 2. The molecule has 0 radical (unpaired) electrons. The molecule has 1 N–H and O–H groups in total. The first-order valence-corrected chi connectivity index (χ1v) is 11.6. The standard InChI is InChI=1S/C21H17BrN2O4S/c22-16-3-1-2-4-17(16)23-29(27,28)15-9-7-14(8-10-15)24-20(25)18-12-5-6-13(11-12)19(18)21(24)26/h1-10,12-13,18-19,23H,11H2/t12-,13?,18-,19+/m0/s1. The lowest BCUT2D eigenvalue weighted by Gasteiger charge is -2.18. The quantitative estimate of drug-likeness (QED) is 0.544. The van der Waals surface area contributed by atoms with Crippen LogP contribution in [-0.2, 0) is 19.6 Å². The first kappa shape index (κ1) is 18.6. The number of rotatable bonds is 4. The van der Waals surface area contributed by atoms with Crippen molar-refractivity contribution < 1.29 is 18.0 Å². The Kier molecular flexibility index (Phi) is 4.18. The highest BCUT2D eigenvalue weighted by molar-refractivity contribution is 9.10. The molecule has 0 aromatic heterocycles. The number of para-hydroxylation sites is 1. The van der Waals surface area contributed by atoms with Gasteiger partial charge in [-0.1, -0.05) is 24.3 Å². The van der Waals surface area contributed by atoms with Gasteiger partial charge in [-0.25, -0.2) is 8.42 Å². The summed E-state index contributed by atoms with van der Waals surface area (Å²) in [6, 6.07) is 12.8. The summed E-state index contributed by atoms with van der Waals surface area (Å²) in [4.78, 5) is 27.0. The molecule has 1 heterocycles. The minimum absolute atomic E-state index is 0.0537. The van der Waals surface area contributed by atoms with Crippen LogP contribution in [0.2, 0.25) is 0 Å². The Labute approximate surface area is 176 Å². The number of carbonyl (C=O) groups is 2. The van der Waals surface area contributed by atoms with Gasteiger partial charge in [0, 0.05) is 4.47 Å². The number of sulfonamides is 1. The molecule has 2 aliphatic carbocycles. The number of anilines is 2. The topological polar surface area (TPSA) is 83.6 Å². The zero-order chi connectivity index (χ0) is 20.3. The second kappa shape index (κ2) is 6.53. The average Bonchev–Trinajstić information content (AvgIpc) is 3.38. The van der Waals surface area contributed by atoms with Gasteiger partial charge in [-0.2, -0.15) is 0 Å². The summed E-state index contributed by atoms with van der Waals surface area (Å²) in [5.74, 6) is -0.646. The Morgan fingerprint density at radius 3 is 2.07 bits per heavy atom. The number of benzene rings is 2. The molecule has 29 heavy (non-hydrogen) atoms. The SMILES string of the molecule is O=C1[C@@H]2[C@H](C(=O)N1c1ccc(S(=O)(=O)Nc3ccccc3Br)cc1)C1C=C[C@H]2C1. The van der Waals surface area contributed by atoms with Crippen LogP contribution in [0.5, 0.6) is 0 Å². The summed E-state index contributed by atoms with van der Waals surface area (Å²) in [5, 5.41) is 0. The maximum absolute atomic E-state index is 12.9. The summed E-state index contributed by atoms with van der Waals surface area (Å²) in [6.07, 6.45) is 4.96. The van der Waals surface area contributed by atoms with Crippen molar-refractivity contribution in [3.8, 4) is 0 Å². The Balaban J connectivity index is 1.40. The third-order valence-electron chi connectivity index (χ3n) is 5.99. The van der Waals surface area contributed by atoms with E-state index in [1.165, 1.54) is 29.2 Å². The van der Waals surface area contributed by atoms with Gasteiger partial charge < -0.3 is 0 Å². The van der Waals surface area contributed by atoms with E-state index in [4.69, 9.17) is 0 Å². The summed E-state index contributed by atoms with van der Waals surface area (Å²) in [5.41, 5.74) is 0.839. The van der Waals surface area contributed by atoms with E-state index in [0.29, 0.717) is 15.8 Å². The van der Waals surface area contributed by atoms with E-state index >= 15 is 0 Å². The van der Waals surface area contributed by atoms with Gasteiger partial charge in [-0.05, 0) is 70.6 Å². The van der Waals surface area contributed by atoms with Gasteiger partial charge in [0.2, 0.25) is 11.8 Å². The van der Waals surface area contributed by atoms with Crippen LogP contribution in [0.25, 0.3) is 0 Å². The predicted octanol–water partition coefficient (Wildman–Crippen LogP) is 3.56. The van der Waals surface area contributed by atoms with Crippen LogP contribution in [0.1, 0.15) is 6.42 Å². The normalized spacial score (nSPS) is 27.6. The first-order valence-electron chi connectivity index (χ1n) is 9.30. The van der Waals surface area contributed by atoms with Crippen LogP contribution in [0, 0.1) is 23.7 Å². The van der Waals surface area contributed by atoms with Crippen LogP contribution in [-0.4, -0.2) is 20.2 Å². The van der Waals surface area contributed by atoms with Gasteiger partial charge in [-0.15, -0.1) is 0 Å². The van der Waals surface area contributed by atoms with Crippen LogP contribution in [0.15, 0.2) is 70.1 Å². The molecule has 2 fully saturated rings. The summed E-state index contributed by atoms with van der Waals surface area (Å²) >= 11 is 3.32. The fraction of sp³-hybridized carbons (Fsp3) is 0.238. The second-order valence-electron chi connectivity index (χ2n) is 7.59. The molecule has 148 valence electrons. The molecule has 8 heteroatoms. The fourth-order valence-electron chi connectivity index (χ4n) is 4.68. The van der Waals surface area contributed by atoms with Crippen LogP contribution in [0.3, 0.4) is 0 Å². The van der Waals surface area contributed by atoms with E-state index in [1.54, 1.807) is 24.3 Å². The maximum Gasteiger partial charge on any atom is 0.261 e. The maximum atomic E-state index is 12.9. The zero-order valence-corrected chi connectivity index (χ0v) is 17.6. The van der Waals surface area contributed by atoms with E-state index in [-0.39, 0.29) is 40.4 Å². The molecule has 0 spiro atoms. The minimum Gasteiger partial charge on any atom is -0.278 e. The van der Waals surface area contributed by atoms with Gasteiger partial charge in [0.15, 0.2) is 0 Å². The average molecular weight is 473 g/mol. The highest BCUT2D eigenvalue weighted by Gasteiger charge is 2.59. The summed E-state index contributed by atoms with van der Waals surface area (Å²) < 4.78 is 28.5. The molecule has 4 atom stereocenters. The Hall–Kier alpha value is -2.45. The highest BCUT2D eigenvalue weighted by atomic mass is 79.9. The number of amides is 2. The van der Waals surface area contributed by atoms with Crippen LogP contribution >= 0.6 is 15.9 Å². The Morgan fingerprint density at radius 1 is 0.897 bits per heavy atom. The second-order valence-corrected chi connectivity index (χ2v) is 10.1.